The molecule has 2 rings (SSSR count). The SMILES string of the molecule is CC(C)CCOc1cnc(N2CCS(=O)(=O)CC2)nc1. The lowest BCUT2D eigenvalue weighted by Crippen LogP contribution is -2.41. The van der Waals surface area contributed by atoms with Crippen molar-refractivity contribution in [2.24, 2.45) is 5.92 Å². The van der Waals surface area contributed by atoms with Gasteiger partial charge in [-0.2, -0.15) is 0 Å². The number of rotatable bonds is 5. The van der Waals surface area contributed by atoms with Crippen molar-refractivity contribution in [2.75, 3.05) is 36.1 Å². The Morgan fingerprint density at radius 3 is 2.40 bits per heavy atom. The molecule has 0 N–H and O–H groups in total. The van der Waals surface area contributed by atoms with Crippen LogP contribution in [-0.2, 0) is 9.84 Å². The van der Waals surface area contributed by atoms with Gasteiger partial charge in [0.25, 0.3) is 0 Å². The summed E-state index contributed by atoms with van der Waals surface area (Å²) in [5, 5.41) is 0. The zero-order valence-electron chi connectivity index (χ0n) is 11.9. The Morgan fingerprint density at radius 1 is 1.25 bits per heavy atom. The van der Waals surface area contributed by atoms with Crippen LogP contribution < -0.4 is 9.64 Å². The summed E-state index contributed by atoms with van der Waals surface area (Å²) in [5.41, 5.74) is 0. The van der Waals surface area contributed by atoms with Gasteiger partial charge in [0.05, 0.1) is 30.5 Å². The average molecular weight is 299 g/mol. The standard InChI is InChI=1S/C13H21N3O3S/c1-11(2)3-6-19-12-9-14-13(15-10-12)16-4-7-20(17,18)8-5-16/h9-11H,3-8H2,1-2H3. The fraction of sp³-hybridized carbons (Fsp3) is 0.692. The number of nitrogens with zero attached hydrogens (tertiary/aromatic N) is 3. The van der Waals surface area contributed by atoms with Gasteiger partial charge in [0.1, 0.15) is 0 Å². The van der Waals surface area contributed by atoms with Crippen LogP contribution in [0.2, 0.25) is 0 Å². The van der Waals surface area contributed by atoms with Gasteiger partial charge in [0.15, 0.2) is 15.6 Å². The highest BCUT2D eigenvalue weighted by Crippen LogP contribution is 2.15. The van der Waals surface area contributed by atoms with Gasteiger partial charge >= 0.3 is 0 Å². The summed E-state index contributed by atoms with van der Waals surface area (Å²) in [6, 6.07) is 0. The van der Waals surface area contributed by atoms with Crippen molar-refractivity contribution in [3.63, 3.8) is 0 Å². The second-order valence-electron chi connectivity index (χ2n) is 5.39. The van der Waals surface area contributed by atoms with E-state index in [1.165, 1.54) is 0 Å². The molecule has 1 fully saturated rings. The van der Waals surface area contributed by atoms with Crippen molar-refractivity contribution in [3.05, 3.63) is 12.4 Å². The molecule has 1 aromatic heterocycles. The fourth-order valence-electron chi connectivity index (χ4n) is 1.87. The van der Waals surface area contributed by atoms with Crippen LogP contribution in [0.1, 0.15) is 20.3 Å². The van der Waals surface area contributed by atoms with E-state index in [1.54, 1.807) is 12.4 Å². The minimum absolute atomic E-state index is 0.170. The van der Waals surface area contributed by atoms with Crippen LogP contribution in [0.3, 0.4) is 0 Å². The van der Waals surface area contributed by atoms with Crippen LogP contribution in [0, 0.1) is 5.92 Å². The Hall–Kier alpha value is -1.37. The van der Waals surface area contributed by atoms with Crippen LogP contribution in [0.15, 0.2) is 12.4 Å². The first-order valence-electron chi connectivity index (χ1n) is 6.86. The molecule has 0 amide bonds. The van der Waals surface area contributed by atoms with E-state index < -0.39 is 9.84 Å². The molecule has 1 aliphatic heterocycles. The molecule has 0 unspecified atom stereocenters. The lowest BCUT2D eigenvalue weighted by molar-refractivity contribution is 0.287. The smallest absolute Gasteiger partial charge is 0.225 e. The van der Waals surface area contributed by atoms with Gasteiger partial charge in [-0.05, 0) is 12.3 Å². The van der Waals surface area contributed by atoms with E-state index in [0.29, 0.717) is 37.3 Å². The number of hydrogen-bond acceptors (Lipinski definition) is 6. The second kappa shape index (κ2) is 6.39. The number of aromatic nitrogens is 2. The molecule has 0 bridgehead atoms. The molecule has 1 saturated heterocycles. The Kier molecular flexibility index (Phi) is 4.80. The van der Waals surface area contributed by atoms with E-state index >= 15 is 0 Å². The summed E-state index contributed by atoms with van der Waals surface area (Å²) in [5.74, 6) is 2.16. The van der Waals surface area contributed by atoms with Gasteiger partial charge in [-0.1, -0.05) is 13.8 Å². The first kappa shape index (κ1) is 15.0. The molecular formula is C13H21N3O3S. The van der Waals surface area contributed by atoms with Crippen LogP contribution in [0.5, 0.6) is 5.75 Å². The average Bonchev–Trinajstić information content (AvgIpc) is 2.39. The van der Waals surface area contributed by atoms with E-state index in [1.807, 2.05) is 4.90 Å². The Labute approximate surface area is 120 Å². The minimum Gasteiger partial charge on any atom is -0.490 e. The molecule has 0 spiro atoms. The van der Waals surface area contributed by atoms with E-state index in [4.69, 9.17) is 4.74 Å². The topological polar surface area (TPSA) is 72.4 Å². The van der Waals surface area contributed by atoms with Crippen molar-refractivity contribution < 1.29 is 13.2 Å². The van der Waals surface area contributed by atoms with Crippen molar-refractivity contribution in [2.45, 2.75) is 20.3 Å². The molecule has 0 aliphatic carbocycles. The molecule has 7 heteroatoms. The van der Waals surface area contributed by atoms with Gasteiger partial charge in [0, 0.05) is 13.1 Å². The predicted molar refractivity (Wildman–Crippen MR) is 77.8 cm³/mol. The molecule has 6 nitrogen and oxygen atoms in total. The lowest BCUT2D eigenvalue weighted by Gasteiger charge is -2.26. The van der Waals surface area contributed by atoms with Crippen LogP contribution in [0.4, 0.5) is 5.95 Å². The molecule has 20 heavy (non-hydrogen) atoms. The number of ether oxygens (including phenoxy) is 1. The quantitative estimate of drug-likeness (QED) is 0.812. The summed E-state index contributed by atoms with van der Waals surface area (Å²) in [4.78, 5) is 10.4. The zero-order valence-corrected chi connectivity index (χ0v) is 12.8. The highest BCUT2D eigenvalue weighted by atomic mass is 32.2. The van der Waals surface area contributed by atoms with E-state index in [0.717, 1.165) is 6.42 Å². The Bertz CT molecular complexity index is 514. The van der Waals surface area contributed by atoms with Crippen molar-refractivity contribution in [1.82, 2.24) is 9.97 Å². The zero-order chi connectivity index (χ0) is 14.6. The molecule has 0 atom stereocenters. The second-order valence-corrected chi connectivity index (χ2v) is 7.69. The van der Waals surface area contributed by atoms with E-state index in [2.05, 4.69) is 23.8 Å². The normalized spacial score (nSPS) is 18.2. The van der Waals surface area contributed by atoms with E-state index in [9.17, 15) is 8.42 Å². The van der Waals surface area contributed by atoms with Crippen LogP contribution in [-0.4, -0.2) is 49.6 Å². The monoisotopic (exact) mass is 299 g/mol. The largest absolute Gasteiger partial charge is 0.490 e. The first-order chi connectivity index (χ1) is 9.46. The summed E-state index contributed by atoms with van der Waals surface area (Å²) in [6.45, 7) is 5.86. The number of hydrogen-bond donors (Lipinski definition) is 0. The van der Waals surface area contributed by atoms with Gasteiger partial charge in [-0.15, -0.1) is 0 Å². The fourth-order valence-corrected chi connectivity index (χ4v) is 3.07. The number of sulfone groups is 1. The molecule has 1 aromatic rings. The van der Waals surface area contributed by atoms with Crippen LogP contribution >= 0.6 is 0 Å². The third kappa shape index (κ3) is 4.33. The van der Waals surface area contributed by atoms with Gasteiger partial charge in [-0.25, -0.2) is 18.4 Å². The van der Waals surface area contributed by atoms with Gasteiger partial charge in [0.2, 0.25) is 5.95 Å². The first-order valence-corrected chi connectivity index (χ1v) is 8.68. The maximum Gasteiger partial charge on any atom is 0.225 e. The van der Waals surface area contributed by atoms with Gasteiger partial charge < -0.3 is 9.64 Å². The molecular weight excluding hydrogens is 278 g/mol. The molecule has 112 valence electrons. The highest BCUT2D eigenvalue weighted by Gasteiger charge is 2.23. The van der Waals surface area contributed by atoms with E-state index in [-0.39, 0.29) is 11.5 Å². The van der Waals surface area contributed by atoms with Crippen molar-refractivity contribution in [1.29, 1.82) is 0 Å². The maximum atomic E-state index is 11.4. The molecule has 0 saturated carbocycles. The summed E-state index contributed by atoms with van der Waals surface area (Å²) < 4.78 is 28.3. The Balaban J connectivity index is 1.88. The molecule has 2 heterocycles. The summed E-state index contributed by atoms with van der Waals surface area (Å²) in [6.07, 6.45) is 4.28. The predicted octanol–water partition coefficient (Wildman–Crippen LogP) is 1.14. The van der Waals surface area contributed by atoms with Crippen molar-refractivity contribution in [3.8, 4) is 5.75 Å². The van der Waals surface area contributed by atoms with Crippen molar-refractivity contribution >= 4 is 15.8 Å². The van der Waals surface area contributed by atoms with Crippen LogP contribution in [0.25, 0.3) is 0 Å². The Morgan fingerprint density at radius 2 is 1.85 bits per heavy atom. The third-order valence-electron chi connectivity index (χ3n) is 3.21. The summed E-state index contributed by atoms with van der Waals surface area (Å²) >= 11 is 0. The molecule has 0 radical (unpaired) electrons. The molecule has 1 aliphatic rings. The minimum atomic E-state index is -2.87. The summed E-state index contributed by atoms with van der Waals surface area (Å²) in [7, 11) is -2.87. The van der Waals surface area contributed by atoms with Gasteiger partial charge in [-0.3, -0.25) is 0 Å². The number of anilines is 1. The maximum absolute atomic E-state index is 11.4. The highest BCUT2D eigenvalue weighted by molar-refractivity contribution is 7.91. The molecule has 0 aromatic carbocycles. The lowest BCUT2D eigenvalue weighted by atomic mass is 10.1. The third-order valence-corrected chi connectivity index (χ3v) is 4.81.